The van der Waals surface area contributed by atoms with Crippen LogP contribution in [0.25, 0.3) is 22.4 Å². The van der Waals surface area contributed by atoms with E-state index in [-0.39, 0.29) is 0 Å². The van der Waals surface area contributed by atoms with Crippen molar-refractivity contribution in [1.29, 1.82) is 0 Å². The van der Waals surface area contributed by atoms with Crippen LogP contribution in [0.1, 0.15) is 12.7 Å². The Morgan fingerprint density at radius 2 is 1.75 bits per heavy atom. The second kappa shape index (κ2) is 4.48. The summed E-state index contributed by atoms with van der Waals surface area (Å²) in [5, 5.41) is 0. The van der Waals surface area contributed by atoms with Gasteiger partial charge < -0.3 is 16.0 Å². The van der Waals surface area contributed by atoms with Gasteiger partial charge in [0.05, 0.1) is 5.69 Å². The first-order valence-corrected chi connectivity index (χ1v) is 6.45. The summed E-state index contributed by atoms with van der Waals surface area (Å²) in [5.74, 6) is 1.74. The van der Waals surface area contributed by atoms with Gasteiger partial charge in [0.1, 0.15) is 23.0 Å². The van der Waals surface area contributed by atoms with Crippen LogP contribution >= 0.6 is 0 Å². The highest BCUT2D eigenvalue weighted by Gasteiger charge is 2.10. The summed E-state index contributed by atoms with van der Waals surface area (Å²) in [6.07, 6.45) is 0. The van der Waals surface area contributed by atoms with E-state index in [1.54, 1.807) is 12.1 Å². The molecule has 0 amide bonds. The van der Waals surface area contributed by atoms with Gasteiger partial charge in [0.2, 0.25) is 0 Å². The molecular formula is C14H16N6. The van der Waals surface area contributed by atoms with E-state index in [9.17, 15) is 0 Å². The van der Waals surface area contributed by atoms with Gasteiger partial charge in [-0.25, -0.2) is 15.0 Å². The van der Waals surface area contributed by atoms with Crippen LogP contribution in [0.4, 0.5) is 11.6 Å². The molecule has 0 bridgehead atoms. The van der Waals surface area contributed by atoms with Gasteiger partial charge in [0, 0.05) is 12.1 Å². The third kappa shape index (κ3) is 1.95. The van der Waals surface area contributed by atoms with Crippen molar-refractivity contribution >= 4 is 22.8 Å². The average molecular weight is 268 g/mol. The van der Waals surface area contributed by atoms with E-state index in [1.165, 1.54) is 0 Å². The molecule has 3 aromatic rings. The number of aromatic nitrogens is 4. The number of pyridine rings is 2. The second-order valence-corrected chi connectivity index (χ2v) is 4.65. The number of rotatable bonds is 2. The monoisotopic (exact) mass is 268 g/mol. The second-order valence-electron chi connectivity index (χ2n) is 4.65. The zero-order valence-corrected chi connectivity index (χ0v) is 11.5. The van der Waals surface area contributed by atoms with Crippen LogP contribution in [0.5, 0.6) is 0 Å². The molecule has 0 fully saturated rings. The minimum absolute atomic E-state index is 0.391. The van der Waals surface area contributed by atoms with Gasteiger partial charge in [-0.2, -0.15) is 0 Å². The minimum atomic E-state index is 0.391. The number of nitrogens with zero attached hydrogens (tertiary/aromatic N) is 4. The van der Waals surface area contributed by atoms with Crippen LogP contribution in [0.2, 0.25) is 0 Å². The molecule has 0 spiro atoms. The van der Waals surface area contributed by atoms with Gasteiger partial charge in [-0.15, -0.1) is 0 Å². The number of imidazole rings is 1. The van der Waals surface area contributed by atoms with Crippen LogP contribution in [0.15, 0.2) is 24.3 Å². The Bertz CT molecular complexity index is 769. The summed E-state index contributed by atoms with van der Waals surface area (Å²) in [6, 6.07) is 7.42. The highest BCUT2D eigenvalue weighted by atomic mass is 15.1. The van der Waals surface area contributed by atoms with E-state index in [0.29, 0.717) is 11.6 Å². The van der Waals surface area contributed by atoms with Gasteiger partial charge in [-0.1, -0.05) is 0 Å². The lowest BCUT2D eigenvalue weighted by molar-refractivity contribution is 0.746. The van der Waals surface area contributed by atoms with Gasteiger partial charge in [0.25, 0.3) is 0 Å². The normalized spacial score (nSPS) is 11.1. The Morgan fingerprint density at radius 3 is 2.40 bits per heavy atom. The van der Waals surface area contributed by atoms with Crippen LogP contribution in [0.3, 0.4) is 0 Å². The third-order valence-corrected chi connectivity index (χ3v) is 3.26. The van der Waals surface area contributed by atoms with E-state index in [1.807, 2.05) is 19.1 Å². The van der Waals surface area contributed by atoms with Gasteiger partial charge in [0.15, 0.2) is 5.65 Å². The molecule has 20 heavy (non-hydrogen) atoms. The molecule has 3 aromatic heterocycles. The fourth-order valence-electron chi connectivity index (χ4n) is 2.38. The average Bonchev–Trinajstić information content (AvgIpc) is 2.71. The first-order valence-electron chi connectivity index (χ1n) is 6.45. The Balaban J connectivity index is 2.21. The first kappa shape index (κ1) is 12.4. The molecule has 4 N–H and O–H groups in total. The van der Waals surface area contributed by atoms with Crippen molar-refractivity contribution in [1.82, 2.24) is 19.5 Å². The molecule has 6 nitrogen and oxygen atoms in total. The zero-order valence-electron chi connectivity index (χ0n) is 11.5. The molecule has 3 heterocycles. The molecule has 0 unspecified atom stereocenters. The van der Waals surface area contributed by atoms with Crippen molar-refractivity contribution in [3.63, 3.8) is 0 Å². The lowest BCUT2D eigenvalue weighted by Gasteiger charge is -2.05. The molecule has 0 aliphatic carbocycles. The minimum Gasteiger partial charge on any atom is -0.384 e. The summed E-state index contributed by atoms with van der Waals surface area (Å²) in [4.78, 5) is 13.1. The van der Waals surface area contributed by atoms with E-state index in [0.717, 1.165) is 34.8 Å². The van der Waals surface area contributed by atoms with Crippen molar-refractivity contribution in [2.45, 2.75) is 20.4 Å². The zero-order chi connectivity index (χ0) is 14.3. The van der Waals surface area contributed by atoms with Crippen molar-refractivity contribution in [2.24, 2.45) is 0 Å². The van der Waals surface area contributed by atoms with Gasteiger partial charge in [-0.05, 0) is 38.1 Å². The number of nitrogens with two attached hydrogens (primary N) is 2. The molecule has 0 saturated carbocycles. The van der Waals surface area contributed by atoms with Crippen molar-refractivity contribution < 1.29 is 0 Å². The Kier molecular flexibility index (Phi) is 2.78. The summed E-state index contributed by atoms with van der Waals surface area (Å²) in [6.45, 7) is 4.89. The molecule has 6 heteroatoms. The molecule has 0 saturated heterocycles. The lowest BCUT2D eigenvalue weighted by atomic mass is 10.1. The molecule has 0 atom stereocenters. The van der Waals surface area contributed by atoms with Crippen molar-refractivity contribution in [3.05, 3.63) is 30.1 Å². The number of anilines is 2. The van der Waals surface area contributed by atoms with E-state index >= 15 is 0 Å². The molecule has 102 valence electrons. The molecular weight excluding hydrogens is 252 g/mol. The Labute approximate surface area is 116 Å². The SMILES string of the molecule is CCn1c(C)nc2ccc(-c3cc(N)nc(N)c3)nc21. The van der Waals surface area contributed by atoms with Crippen LogP contribution < -0.4 is 11.5 Å². The van der Waals surface area contributed by atoms with Crippen LogP contribution in [0, 0.1) is 6.92 Å². The highest BCUT2D eigenvalue weighted by molar-refractivity contribution is 5.77. The topological polar surface area (TPSA) is 95.6 Å². The maximum atomic E-state index is 5.73. The number of nitrogen functional groups attached to an aromatic ring is 2. The van der Waals surface area contributed by atoms with Gasteiger partial charge >= 0.3 is 0 Å². The highest BCUT2D eigenvalue weighted by Crippen LogP contribution is 2.24. The third-order valence-electron chi connectivity index (χ3n) is 3.26. The standard InChI is InChI=1S/C14H16N6/c1-3-20-8(2)17-11-5-4-10(18-14(11)20)9-6-12(15)19-13(16)7-9/h4-7H,3H2,1-2H3,(H4,15,16,19). The molecule has 0 radical (unpaired) electrons. The number of hydrogen-bond acceptors (Lipinski definition) is 5. The van der Waals surface area contributed by atoms with Crippen molar-refractivity contribution in [2.75, 3.05) is 11.5 Å². The maximum Gasteiger partial charge on any atom is 0.160 e. The first-order chi connectivity index (χ1) is 9.58. The van der Waals surface area contributed by atoms with Crippen LogP contribution in [-0.2, 0) is 6.54 Å². The van der Waals surface area contributed by atoms with E-state index in [4.69, 9.17) is 11.5 Å². The molecule has 3 rings (SSSR count). The lowest BCUT2D eigenvalue weighted by Crippen LogP contribution is -2.00. The van der Waals surface area contributed by atoms with E-state index < -0.39 is 0 Å². The Morgan fingerprint density at radius 1 is 1.05 bits per heavy atom. The predicted molar refractivity (Wildman–Crippen MR) is 80.0 cm³/mol. The maximum absolute atomic E-state index is 5.73. The fraction of sp³-hybridized carbons (Fsp3) is 0.214. The fourth-order valence-corrected chi connectivity index (χ4v) is 2.38. The largest absolute Gasteiger partial charge is 0.384 e. The quantitative estimate of drug-likeness (QED) is 0.741. The van der Waals surface area contributed by atoms with E-state index in [2.05, 4.69) is 26.4 Å². The number of aryl methyl sites for hydroxylation is 2. The smallest absolute Gasteiger partial charge is 0.160 e. The summed E-state index contributed by atoms with van der Waals surface area (Å²) >= 11 is 0. The summed E-state index contributed by atoms with van der Waals surface area (Å²) in [7, 11) is 0. The summed E-state index contributed by atoms with van der Waals surface area (Å²) in [5.41, 5.74) is 14.9. The van der Waals surface area contributed by atoms with Crippen molar-refractivity contribution in [3.8, 4) is 11.3 Å². The number of hydrogen-bond donors (Lipinski definition) is 2. The molecule has 0 aromatic carbocycles. The van der Waals surface area contributed by atoms with Gasteiger partial charge in [-0.3, -0.25) is 0 Å². The molecule has 0 aliphatic rings. The predicted octanol–water partition coefficient (Wildman–Crippen LogP) is 1.99. The molecule has 0 aliphatic heterocycles. The van der Waals surface area contributed by atoms with Crippen LogP contribution in [-0.4, -0.2) is 19.5 Å². The summed E-state index contributed by atoms with van der Waals surface area (Å²) < 4.78 is 2.08. The number of fused-ring (bicyclic) bond motifs is 1. The Hall–Kier alpha value is -2.63.